The largest absolute Gasteiger partial charge is 0.497 e. The average Bonchev–Trinajstić information content (AvgIpc) is 3.08. The lowest BCUT2D eigenvalue weighted by Crippen LogP contribution is -2.07. The van der Waals surface area contributed by atoms with Gasteiger partial charge in [0.2, 0.25) is 5.13 Å². The van der Waals surface area contributed by atoms with Crippen molar-refractivity contribution >= 4 is 22.7 Å². The molecule has 0 atom stereocenters. The lowest BCUT2D eigenvalue weighted by atomic mass is 10.1. The Kier molecular flexibility index (Phi) is 5.22. The molecule has 0 aliphatic heterocycles. The van der Waals surface area contributed by atoms with Crippen LogP contribution in [0, 0.1) is 0 Å². The fourth-order valence-corrected chi connectivity index (χ4v) is 3.14. The van der Waals surface area contributed by atoms with E-state index in [1.54, 1.807) is 61.7 Å². The molecule has 134 valence electrons. The van der Waals surface area contributed by atoms with Gasteiger partial charge in [0.05, 0.1) is 18.2 Å². The minimum absolute atomic E-state index is 0.0558. The minimum atomic E-state index is -4.54. The number of methoxy groups -OCH3 is 1. The molecule has 8 heteroatoms. The predicted octanol–water partition coefficient (Wildman–Crippen LogP) is 5.28. The molecule has 0 fully saturated rings. The van der Waals surface area contributed by atoms with Crippen molar-refractivity contribution < 1.29 is 17.9 Å². The van der Waals surface area contributed by atoms with E-state index in [9.17, 15) is 13.2 Å². The molecule has 2 aromatic carbocycles. The Hall–Kier alpha value is -2.87. The first kappa shape index (κ1) is 17.9. The molecule has 0 amide bonds. The van der Waals surface area contributed by atoms with E-state index in [1.807, 2.05) is 0 Å². The van der Waals surface area contributed by atoms with Gasteiger partial charge in [-0.3, -0.25) is 5.43 Å². The van der Waals surface area contributed by atoms with Crippen LogP contribution in [0.2, 0.25) is 0 Å². The molecule has 0 spiro atoms. The van der Waals surface area contributed by atoms with Gasteiger partial charge in [-0.15, -0.1) is 0 Å². The lowest BCUT2D eigenvalue weighted by molar-refractivity contribution is -0.140. The molecule has 0 bridgehead atoms. The number of aromatic nitrogens is 1. The number of hydrazone groups is 1. The number of hydrogen-bond donors (Lipinski definition) is 1. The summed E-state index contributed by atoms with van der Waals surface area (Å²) in [5.41, 5.74) is 2.88. The van der Waals surface area contributed by atoms with Gasteiger partial charge in [-0.25, -0.2) is 4.98 Å². The van der Waals surface area contributed by atoms with E-state index in [1.165, 1.54) is 6.21 Å². The van der Waals surface area contributed by atoms with Crippen LogP contribution in [0.25, 0.3) is 10.4 Å². The number of rotatable bonds is 5. The van der Waals surface area contributed by atoms with Gasteiger partial charge in [0.15, 0.2) is 5.69 Å². The van der Waals surface area contributed by atoms with Crippen LogP contribution < -0.4 is 10.2 Å². The van der Waals surface area contributed by atoms with E-state index < -0.39 is 11.9 Å². The zero-order valence-electron chi connectivity index (χ0n) is 13.6. The predicted molar refractivity (Wildman–Crippen MR) is 96.8 cm³/mol. The summed E-state index contributed by atoms with van der Waals surface area (Å²) >= 11 is 0.905. The van der Waals surface area contributed by atoms with Crippen LogP contribution in [0.1, 0.15) is 11.3 Å². The summed E-state index contributed by atoms with van der Waals surface area (Å²) in [6, 6.07) is 15.4. The second-order valence-corrected chi connectivity index (χ2v) is 6.20. The van der Waals surface area contributed by atoms with Gasteiger partial charge in [-0.1, -0.05) is 41.7 Å². The normalized spacial score (nSPS) is 11.7. The maximum Gasteiger partial charge on any atom is 0.434 e. The first-order chi connectivity index (χ1) is 12.5. The Morgan fingerprint density at radius 2 is 1.77 bits per heavy atom. The van der Waals surface area contributed by atoms with E-state index in [0.29, 0.717) is 11.3 Å². The van der Waals surface area contributed by atoms with Crippen molar-refractivity contribution in [1.29, 1.82) is 0 Å². The number of nitrogens with one attached hydrogen (secondary N) is 1. The van der Waals surface area contributed by atoms with Crippen LogP contribution >= 0.6 is 11.3 Å². The van der Waals surface area contributed by atoms with Crippen LogP contribution in [-0.4, -0.2) is 18.3 Å². The summed E-state index contributed by atoms with van der Waals surface area (Å²) in [6.07, 6.45) is -3.04. The highest BCUT2D eigenvalue weighted by atomic mass is 32.1. The summed E-state index contributed by atoms with van der Waals surface area (Å²) < 4.78 is 44.9. The summed E-state index contributed by atoms with van der Waals surface area (Å²) in [5.74, 6) is 0.706. The maximum absolute atomic E-state index is 13.3. The summed E-state index contributed by atoms with van der Waals surface area (Å²) in [6.45, 7) is 0. The number of nitrogens with zero attached hydrogens (tertiary/aromatic N) is 2. The highest BCUT2D eigenvalue weighted by Crippen LogP contribution is 2.41. The van der Waals surface area contributed by atoms with Crippen molar-refractivity contribution in [2.75, 3.05) is 12.5 Å². The zero-order chi connectivity index (χ0) is 18.6. The van der Waals surface area contributed by atoms with Crippen LogP contribution in [0.3, 0.4) is 0 Å². The van der Waals surface area contributed by atoms with Gasteiger partial charge >= 0.3 is 6.18 Å². The van der Waals surface area contributed by atoms with Crippen molar-refractivity contribution in [3.63, 3.8) is 0 Å². The fourth-order valence-electron chi connectivity index (χ4n) is 2.20. The van der Waals surface area contributed by atoms with Gasteiger partial charge in [-0.2, -0.15) is 18.3 Å². The number of alkyl halides is 3. The molecule has 0 saturated heterocycles. The van der Waals surface area contributed by atoms with Crippen LogP contribution in [0.4, 0.5) is 18.3 Å². The molecule has 0 aliphatic carbocycles. The molecule has 3 aromatic rings. The second kappa shape index (κ2) is 7.57. The molecule has 1 aromatic heterocycles. The highest BCUT2D eigenvalue weighted by Gasteiger charge is 2.37. The Balaban J connectivity index is 1.82. The Morgan fingerprint density at radius 1 is 1.08 bits per heavy atom. The maximum atomic E-state index is 13.3. The molecular formula is C18H14F3N3OS. The van der Waals surface area contributed by atoms with Gasteiger partial charge in [0.1, 0.15) is 5.75 Å². The number of anilines is 1. The molecule has 0 radical (unpaired) electrons. The number of benzene rings is 2. The van der Waals surface area contributed by atoms with E-state index in [4.69, 9.17) is 4.74 Å². The standard InChI is InChI=1S/C18H14F3N3OS/c1-25-14-9-7-12(8-10-14)11-22-24-17-23-16(18(19,20)21)15(26-17)13-5-3-2-4-6-13/h2-11H,1H3,(H,23,24)/b22-11+. The van der Waals surface area contributed by atoms with Gasteiger partial charge < -0.3 is 4.74 Å². The molecule has 0 aliphatic rings. The Labute approximate surface area is 152 Å². The van der Waals surface area contributed by atoms with Gasteiger partial charge in [-0.05, 0) is 35.4 Å². The fraction of sp³-hybridized carbons (Fsp3) is 0.111. The van der Waals surface area contributed by atoms with Crippen molar-refractivity contribution in [2.24, 2.45) is 5.10 Å². The Bertz CT molecular complexity index is 890. The molecule has 4 nitrogen and oxygen atoms in total. The summed E-state index contributed by atoms with van der Waals surface area (Å²) in [4.78, 5) is 3.72. The van der Waals surface area contributed by atoms with E-state index in [0.717, 1.165) is 16.9 Å². The van der Waals surface area contributed by atoms with E-state index in [-0.39, 0.29) is 10.0 Å². The number of hydrogen-bond acceptors (Lipinski definition) is 5. The number of ether oxygens (including phenoxy) is 1. The molecular weight excluding hydrogens is 363 g/mol. The topological polar surface area (TPSA) is 46.5 Å². The summed E-state index contributed by atoms with van der Waals surface area (Å²) in [7, 11) is 1.57. The zero-order valence-corrected chi connectivity index (χ0v) is 14.4. The van der Waals surface area contributed by atoms with E-state index >= 15 is 0 Å². The quantitative estimate of drug-likeness (QED) is 0.486. The van der Waals surface area contributed by atoms with Crippen molar-refractivity contribution in [3.8, 4) is 16.2 Å². The number of halogens is 3. The first-order valence-corrected chi connectivity index (χ1v) is 8.35. The first-order valence-electron chi connectivity index (χ1n) is 7.54. The third kappa shape index (κ3) is 4.20. The monoisotopic (exact) mass is 377 g/mol. The smallest absolute Gasteiger partial charge is 0.434 e. The number of thiazole rings is 1. The van der Waals surface area contributed by atoms with E-state index in [2.05, 4.69) is 15.5 Å². The van der Waals surface area contributed by atoms with Crippen molar-refractivity contribution in [1.82, 2.24) is 4.98 Å². The summed E-state index contributed by atoms with van der Waals surface area (Å²) in [5, 5.41) is 4.03. The lowest BCUT2D eigenvalue weighted by Gasteiger charge is -2.05. The third-order valence-corrected chi connectivity index (χ3v) is 4.43. The average molecular weight is 377 g/mol. The SMILES string of the molecule is COc1ccc(/C=N/Nc2nc(C(F)(F)F)c(-c3ccccc3)s2)cc1. The molecule has 26 heavy (non-hydrogen) atoms. The molecule has 1 heterocycles. The second-order valence-electron chi connectivity index (χ2n) is 5.20. The minimum Gasteiger partial charge on any atom is -0.497 e. The van der Waals surface area contributed by atoms with Crippen molar-refractivity contribution in [3.05, 3.63) is 65.9 Å². The Morgan fingerprint density at radius 3 is 2.38 bits per heavy atom. The molecule has 0 unspecified atom stereocenters. The van der Waals surface area contributed by atoms with Crippen LogP contribution in [0.15, 0.2) is 59.7 Å². The molecule has 1 N–H and O–H groups in total. The van der Waals surface area contributed by atoms with Gasteiger partial charge in [0.25, 0.3) is 0 Å². The van der Waals surface area contributed by atoms with Gasteiger partial charge in [0, 0.05) is 0 Å². The van der Waals surface area contributed by atoms with Crippen LogP contribution in [0.5, 0.6) is 5.75 Å². The molecule has 3 rings (SSSR count). The van der Waals surface area contributed by atoms with Crippen LogP contribution in [-0.2, 0) is 6.18 Å². The highest BCUT2D eigenvalue weighted by molar-refractivity contribution is 7.19. The van der Waals surface area contributed by atoms with Crippen molar-refractivity contribution in [2.45, 2.75) is 6.18 Å². The molecule has 0 saturated carbocycles. The third-order valence-electron chi connectivity index (χ3n) is 3.42.